The summed E-state index contributed by atoms with van der Waals surface area (Å²) >= 11 is 0. The largest absolute Gasteiger partial charge is 0.391 e. The van der Waals surface area contributed by atoms with Gasteiger partial charge in [0.2, 0.25) is 0 Å². The molecule has 7 rings (SSSR count). The van der Waals surface area contributed by atoms with Crippen molar-refractivity contribution in [2.24, 2.45) is 34.5 Å². The number of rotatable bonds is 4. The molecule has 39 heavy (non-hydrogen) atoms. The molecule has 3 saturated heterocycles. The lowest BCUT2D eigenvalue weighted by Gasteiger charge is -2.62. The molecule has 0 aromatic carbocycles. The van der Waals surface area contributed by atoms with Crippen LogP contribution in [0.15, 0.2) is 12.7 Å². The van der Waals surface area contributed by atoms with Gasteiger partial charge in [-0.25, -0.2) is 0 Å². The van der Waals surface area contributed by atoms with E-state index in [-0.39, 0.29) is 34.9 Å². The molecule has 6 nitrogen and oxygen atoms in total. The van der Waals surface area contributed by atoms with E-state index in [0.717, 1.165) is 74.9 Å². The minimum atomic E-state index is -0.354. The lowest BCUT2D eigenvalue weighted by atomic mass is 9.44. The number of aliphatic hydroxyl groups excluding tert-OH is 2. The zero-order chi connectivity index (χ0) is 27.0. The van der Waals surface area contributed by atoms with Crippen LogP contribution < -0.4 is 0 Å². The maximum atomic E-state index is 12.0. The molecule has 7 aliphatic rings. The maximum absolute atomic E-state index is 12.0. The molecule has 6 heteroatoms. The third-order valence-electron chi connectivity index (χ3n) is 14.2. The summed E-state index contributed by atoms with van der Waals surface area (Å²) in [4.78, 5) is 2.59. The van der Waals surface area contributed by atoms with Crippen LogP contribution in [-0.4, -0.2) is 95.6 Å². The lowest BCUT2D eigenvalue weighted by molar-refractivity contribution is -0.938. The number of fused-ring (bicyclic) bond motifs is 5. The van der Waals surface area contributed by atoms with Crippen LogP contribution in [0, 0.1) is 34.5 Å². The molecular formula is C33H55N2O4+. The summed E-state index contributed by atoms with van der Waals surface area (Å²) in [6.07, 6.45) is 14.4. The predicted molar refractivity (Wildman–Crippen MR) is 152 cm³/mol. The van der Waals surface area contributed by atoms with E-state index in [1.165, 1.54) is 58.0 Å². The van der Waals surface area contributed by atoms with E-state index >= 15 is 0 Å². The van der Waals surface area contributed by atoms with Crippen molar-refractivity contribution >= 4 is 0 Å². The Balaban J connectivity index is 1.11. The van der Waals surface area contributed by atoms with Crippen LogP contribution in [0.2, 0.25) is 0 Å². The second-order valence-corrected chi connectivity index (χ2v) is 15.5. The molecule has 0 amide bonds. The summed E-state index contributed by atoms with van der Waals surface area (Å²) in [5, 5.41) is 23.4. The van der Waals surface area contributed by atoms with Crippen LogP contribution in [0.3, 0.4) is 0 Å². The first kappa shape index (κ1) is 27.3. The van der Waals surface area contributed by atoms with E-state index in [4.69, 9.17) is 9.47 Å². The third-order valence-corrected chi connectivity index (χ3v) is 14.2. The number of piperidine rings is 1. The first-order valence-corrected chi connectivity index (χ1v) is 16.6. The highest BCUT2D eigenvalue weighted by molar-refractivity contribution is 5.13. The fourth-order valence-corrected chi connectivity index (χ4v) is 12.0. The number of hydrogen-bond donors (Lipinski definition) is 2. The zero-order valence-corrected chi connectivity index (χ0v) is 24.7. The molecule has 0 bridgehead atoms. The third kappa shape index (κ3) is 4.09. The van der Waals surface area contributed by atoms with Crippen molar-refractivity contribution in [1.29, 1.82) is 0 Å². The molecular weight excluding hydrogens is 488 g/mol. The highest BCUT2D eigenvalue weighted by Crippen LogP contribution is 2.67. The minimum absolute atomic E-state index is 0.0556. The van der Waals surface area contributed by atoms with Gasteiger partial charge in [0.1, 0.15) is 12.1 Å². The first-order chi connectivity index (χ1) is 18.7. The summed E-state index contributed by atoms with van der Waals surface area (Å²) in [6, 6.07) is 0.636. The standard InChI is InChI=1S/C33H55N2O4/c1-4-15-35(16-5-6-17-35)28-21-26-24-8-7-23-20-29(36)27(34-13-11-33(12-14-34)38-18-19-39-33)22-32(23,3)25(24)9-10-31(26,2)30(28)37/h4,23-30,36-37H,1,5-22H2,2-3H3/q+1/t23?,24-,25-,26+,27?,28?,29?,30?,31+,32+/m1/s1. The topological polar surface area (TPSA) is 62.2 Å². The van der Waals surface area contributed by atoms with Gasteiger partial charge in [0.05, 0.1) is 39.0 Å². The Morgan fingerprint density at radius 2 is 1.64 bits per heavy atom. The average molecular weight is 544 g/mol. The summed E-state index contributed by atoms with van der Waals surface area (Å²) in [7, 11) is 0. The second kappa shape index (κ2) is 9.77. The van der Waals surface area contributed by atoms with Crippen molar-refractivity contribution in [2.45, 2.75) is 115 Å². The maximum Gasteiger partial charge on any atom is 0.170 e. The molecule has 2 N–H and O–H groups in total. The van der Waals surface area contributed by atoms with E-state index in [9.17, 15) is 10.2 Å². The Kier molecular flexibility index (Phi) is 6.85. The molecule has 220 valence electrons. The van der Waals surface area contributed by atoms with Gasteiger partial charge in [-0.1, -0.05) is 20.4 Å². The Morgan fingerprint density at radius 1 is 0.923 bits per heavy atom. The van der Waals surface area contributed by atoms with E-state index in [2.05, 4.69) is 31.4 Å². The first-order valence-electron chi connectivity index (χ1n) is 16.6. The fraction of sp³-hybridized carbons (Fsp3) is 0.939. The fourth-order valence-electron chi connectivity index (χ4n) is 12.0. The highest BCUT2D eigenvalue weighted by atomic mass is 16.7. The van der Waals surface area contributed by atoms with Gasteiger partial charge >= 0.3 is 0 Å². The van der Waals surface area contributed by atoms with Gasteiger partial charge in [-0.15, -0.1) is 0 Å². The van der Waals surface area contributed by atoms with Crippen LogP contribution in [0.1, 0.15) is 84.5 Å². The SMILES string of the molecule is C=CC[N+]1(C2C[C@H]3[C@@H]4CCC5CC(O)C(N6CCC7(CC6)OCCO7)C[C@]5(C)[C@@H]4CC[C@]3(C)C2O)CCCC1. The van der Waals surface area contributed by atoms with Gasteiger partial charge in [-0.3, -0.25) is 4.90 Å². The van der Waals surface area contributed by atoms with Crippen LogP contribution in [0.5, 0.6) is 0 Å². The van der Waals surface area contributed by atoms with Crippen molar-refractivity contribution in [3.05, 3.63) is 12.7 Å². The van der Waals surface area contributed by atoms with Crippen molar-refractivity contribution in [2.75, 3.05) is 45.9 Å². The molecule has 0 aromatic rings. The Morgan fingerprint density at radius 3 is 2.33 bits per heavy atom. The smallest absolute Gasteiger partial charge is 0.170 e. The van der Waals surface area contributed by atoms with Gasteiger partial charge in [0, 0.05) is 56.7 Å². The molecule has 7 fully saturated rings. The molecule has 3 aliphatic heterocycles. The van der Waals surface area contributed by atoms with Crippen LogP contribution in [0.25, 0.3) is 0 Å². The van der Waals surface area contributed by atoms with Gasteiger partial charge in [-0.05, 0) is 73.7 Å². The number of aliphatic hydroxyl groups is 2. The molecule has 4 aliphatic carbocycles. The van der Waals surface area contributed by atoms with Gasteiger partial charge < -0.3 is 24.2 Å². The number of quaternary nitrogens is 1. The van der Waals surface area contributed by atoms with E-state index < -0.39 is 0 Å². The minimum Gasteiger partial charge on any atom is -0.391 e. The van der Waals surface area contributed by atoms with E-state index in [0.29, 0.717) is 17.9 Å². The van der Waals surface area contributed by atoms with E-state index in [1.807, 2.05) is 0 Å². The number of ether oxygens (including phenoxy) is 2. The zero-order valence-electron chi connectivity index (χ0n) is 24.7. The quantitative estimate of drug-likeness (QED) is 0.408. The number of hydrogen-bond acceptors (Lipinski definition) is 5. The number of likely N-dealkylation sites (tertiary alicyclic amines) is 2. The van der Waals surface area contributed by atoms with Crippen molar-refractivity contribution in [3.8, 4) is 0 Å². The summed E-state index contributed by atoms with van der Waals surface area (Å²) < 4.78 is 13.1. The molecule has 3 heterocycles. The molecule has 5 unspecified atom stereocenters. The lowest BCUT2D eigenvalue weighted by Crippen LogP contribution is -2.61. The molecule has 0 aromatic heterocycles. The number of nitrogens with zero attached hydrogens (tertiary/aromatic N) is 2. The van der Waals surface area contributed by atoms with Gasteiger partial charge in [0.25, 0.3) is 0 Å². The molecule has 0 radical (unpaired) electrons. The Labute approximate surface area is 236 Å². The Bertz CT molecular complexity index is 921. The van der Waals surface area contributed by atoms with Crippen LogP contribution >= 0.6 is 0 Å². The molecule has 10 atom stereocenters. The van der Waals surface area contributed by atoms with Crippen molar-refractivity contribution in [1.82, 2.24) is 4.90 Å². The van der Waals surface area contributed by atoms with Crippen LogP contribution in [0.4, 0.5) is 0 Å². The van der Waals surface area contributed by atoms with E-state index in [1.54, 1.807) is 0 Å². The summed E-state index contributed by atoms with van der Waals surface area (Å²) in [5.41, 5.74) is 0.341. The molecule has 1 spiro atoms. The van der Waals surface area contributed by atoms with Gasteiger partial charge in [0.15, 0.2) is 5.79 Å². The summed E-state index contributed by atoms with van der Waals surface area (Å²) in [5.74, 6) is 2.35. The highest BCUT2D eigenvalue weighted by Gasteiger charge is 2.66. The second-order valence-electron chi connectivity index (χ2n) is 15.5. The predicted octanol–water partition coefficient (Wildman–Crippen LogP) is 4.34. The van der Waals surface area contributed by atoms with Crippen molar-refractivity contribution in [3.63, 3.8) is 0 Å². The Hall–Kier alpha value is -0.500. The monoisotopic (exact) mass is 543 g/mol. The summed E-state index contributed by atoms with van der Waals surface area (Å²) in [6.45, 7) is 16.0. The normalized spacial score (nSPS) is 50.9. The van der Waals surface area contributed by atoms with Gasteiger partial charge in [-0.2, -0.15) is 0 Å². The van der Waals surface area contributed by atoms with Crippen LogP contribution in [-0.2, 0) is 9.47 Å². The van der Waals surface area contributed by atoms with Crippen molar-refractivity contribution < 1.29 is 24.2 Å². The average Bonchev–Trinajstić information content (AvgIpc) is 3.65. The molecule has 4 saturated carbocycles.